The van der Waals surface area contributed by atoms with Crippen LogP contribution in [0.15, 0.2) is 12.2 Å². The van der Waals surface area contributed by atoms with Gasteiger partial charge in [-0.2, -0.15) is 0 Å². The Labute approximate surface area is 229 Å². The zero-order chi connectivity index (χ0) is 20.9. The Kier molecular flexibility index (Phi) is 32.6. The summed E-state index contributed by atoms with van der Waals surface area (Å²) >= 11 is 0. The molecule has 0 N–H and O–H groups in total. The molecule has 0 heterocycles. The van der Waals surface area contributed by atoms with E-state index in [1.54, 1.807) is 6.08 Å². The van der Waals surface area contributed by atoms with E-state index in [9.17, 15) is 19.8 Å². The first kappa shape index (κ1) is 35.3. The van der Waals surface area contributed by atoms with Crippen LogP contribution in [0.3, 0.4) is 0 Å². The van der Waals surface area contributed by atoms with Gasteiger partial charge >= 0.3 is 59.1 Å². The molecule has 0 spiro atoms. The molecule has 1 unspecified atom stereocenters. The Morgan fingerprint density at radius 1 is 0.667 bits per heavy atom. The summed E-state index contributed by atoms with van der Waals surface area (Å²) in [7, 11) is 0. The average Bonchev–Trinajstić information content (AvgIpc) is 2.65. The minimum atomic E-state index is -1.34. The van der Waals surface area contributed by atoms with Crippen LogP contribution in [0.4, 0.5) is 0 Å². The van der Waals surface area contributed by atoms with E-state index in [4.69, 9.17) is 0 Å². The van der Waals surface area contributed by atoms with Gasteiger partial charge < -0.3 is 19.8 Å². The van der Waals surface area contributed by atoms with Crippen LogP contribution < -0.4 is 69.3 Å². The van der Waals surface area contributed by atoms with Crippen molar-refractivity contribution in [2.75, 3.05) is 0 Å². The fraction of sp³-hybridized carbons (Fsp3) is 0.833. The van der Waals surface area contributed by atoms with Gasteiger partial charge in [-0.25, -0.2) is 0 Å². The fourth-order valence-electron chi connectivity index (χ4n) is 3.48. The van der Waals surface area contributed by atoms with Crippen molar-refractivity contribution in [2.45, 2.75) is 122 Å². The molecule has 6 heteroatoms. The molecular formula is C24H42Na2O4. The molecule has 0 aromatic heterocycles. The number of carboxylic acids is 2. The van der Waals surface area contributed by atoms with Gasteiger partial charge in [-0.3, -0.25) is 0 Å². The molecule has 0 rings (SSSR count). The van der Waals surface area contributed by atoms with E-state index in [1.807, 2.05) is 6.08 Å². The topological polar surface area (TPSA) is 80.3 Å². The van der Waals surface area contributed by atoms with Crippen LogP contribution >= 0.6 is 0 Å². The summed E-state index contributed by atoms with van der Waals surface area (Å²) in [6.45, 7) is 2.26. The summed E-state index contributed by atoms with van der Waals surface area (Å²) in [6.07, 6.45) is 24.5. The van der Waals surface area contributed by atoms with Gasteiger partial charge in [0.25, 0.3) is 0 Å². The molecule has 1 atom stereocenters. The Morgan fingerprint density at radius 2 is 1.07 bits per heavy atom. The van der Waals surface area contributed by atoms with E-state index in [0.717, 1.165) is 12.8 Å². The number of unbranched alkanes of at least 4 members (excludes halogenated alkanes) is 15. The minimum absolute atomic E-state index is 0. The largest absolute Gasteiger partial charge is 1.00 e. The average molecular weight is 441 g/mol. The van der Waals surface area contributed by atoms with E-state index in [-0.39, 0.29) is 65.5 Å². The molecule has 0 bridgehead atoms. The van der Waals surface area contributed by atoms with E-state index >= 15 is 0 Å². The van der Waals surface area contributed by atoms with Crippen LogP contribution in [-0.4, -0.2) is 11.9 Å². The summed E-state index contributed by atoms with van der Waals surface area (Å²) in [5, 5.41) is 21.3. The van der Waals surface area contributed by atoms with Crippen molar-refractivity contribution >= 4 is 11.9 Å². The Hall–Kier alpha value is 0.680. The second-order valence-electron chi connectivity index (χ2n) is 8.04. The summed E-state index contributed by atoms with van der Waals surface area (Å²) in [5.41, 5.74) is 0. The second kappa shape index (κ2) is 27.7. The first-order chi connectivity index (χ1) is 13.6. The third-order valence-corrected chi connectivity index (χ3v) is 5.31. The van der Waals surface area contributed by atoms with E-state index in [0.29, 0.717) is 0 Å². The van der Waals surface area contributed by atoms with E-state index in [2.05, 4.69) is 6.92 Å². The van der Waals surface area contributed by atoms with Gasteiger partial charge in [-0.15, -0.1) is 0 Å². The molecule has 0 aliphatic carbocycles. The molecule has 0 saturated carbocycles. The SMILES string of the molecule is CCCCCCCCCCCCCCCCC/C=C/CC(CC(=O)[O-])C(=O)[O-].[Na+].[Na+]. The van der Waals surface area contributed by atoms with E-state index in [1.165, 1.54) is 89.9 Å². The van der Waals surface area contributed by atoms with Crippen LogP contribution in [-0.2, 0) is 9.59 Å². The normalized spacial score (nSPS) is 11.6. The maximum absolute atomic E-state index is 10.8. The number of carbonyl (C=O) groups excluding carboxylic acids is 2. The van der Waals surface area contributed by atoms with Gasteiger partial charge in [0.2, 0.25) is 0 Å². The third-order valence-electron chi connectivity index (χ3n) is 5.31. The number of hydrogen-bond donors (Lipinski definition) is 0. The third kappa shape index (κ3) is 26.7. The van der Waals surface area contributed by atoms with Gasteiger partial charge in [0.05, 0.1) is 0 Å². The van der Waals surface area contributed by atoms with Gasteiger partial charge in [0.15, 0.2) is 0 Å². The van der Waals surface area contributed by atoms with Gasteiger partial charge in [-0.1, -0.05) is 109 Å². The van der Waals surface area contributed by atoms with Crippen molar-refractivity contribution in [2.24, 2.45) is 5.92 Å². The molecule has 0 aromatic carbocycles. The monoisotopic (exact) mass is 440 g/mol. The number of carboxylic acid groups (broad SMARTS) is 2. The number of aliphatic carboxylic acids is 2. The Balaban J connectivity index is -0.00000364. The summed E-state index contributed by atoms with van der Waals surface area (Å²) < 4.78 is 0. The fourth-order valence-corrected chi connectivity index (χ4v) is 3.48. The molecule has 0 radical (unpaired) electrons. The summed E-state index contributed by atoms with van der Waals surface area (Å²) in [4.78, 5) is 21.3. The van der Waals surface area contributed by atoms with Crippen molar-refractivity contribution < 1.29 is 78.9 Å². The van der Waals surface area contributed by atoms with Crippen molar-refractivity contribution in [1.82, 2.24) is 0 Å². The standard InChI is InChI=1S/C24H44O4.2Na/c1-2-3-4-5-6-7-8-9-10-11-12-13-14-15-16-17-18-19-20-22(24(27)28)21-23(25)26;;/h18-19,22H,2-17,20-21H2,1H3,(H,25,26)(H,27,28);;/q;2*+1/p-2/b19-18+;;. The maximum atomic E-state index is 10.8. The Bertz CT molecular complexity index is 414. The minimum Gasteiger partial charge on any atom is -0.550 e. The quantitative estimate of drug-likeness (QED) is 0.126. The molecule has 30 heavy (non-hydrogen) atoms. The van der Waals surface area contributed by atoms with Crippen molar-refractivity contribution in [3.8, 4) is 0 Å². The second-order valence-corrected chi connectivity index (χ2v) is 8.04. The molecule has 0 fully saturated rings. The zero-order valence-corrected chi connectivity index (χ0v) is 24.1. The first-order valence-corrected chi connectivity index (χ1v) is 11.6. The maximum Gasteiger partial charge on any atom is 1.00 e. The predicted octanol–water partition coefficient (Wildman–Crippen LogP) is -1.29. The van der Waals surface area contributed by atoms with Crippen LogP contribution in [0.25, 0.3) is 0 Å². The van der Waals surface area contributed by atoms with Gasteiger partial charge in [0, 0.05) is 17.9 Å². The summed E-state index contributed by atoms with van der Waals surface area (Å²) in [5.74, 6) is -3.65. The predicted molar refractivity (Wildman–Crippen MR) is 111 cm³/mol. The molecule has 0 amide bonds. The molecular weight excluding hydrogens is 398 g/mol. The van der Waals surface area contributed by atoms with Crippen LogP contribution in [0.2, 0.25) is 0 Å². The van der Waals surface area contributed by atoms with Crippen LogP contribution in [0, 0.1) is 5.92 Å². The van der Waals surface area contributed by atoms with Crippen LogP contribution in [0.1, 0.15) is 122 Å². The number of hydrogen-bond acceptors (Lipinski definition) is 4. The van der Waals surface area contributed by atoms with E-state index < -0.39 is 24.3 Å². The smallest absolute Gasteiger partial charge is 0.550 e. The molecule has 0 aromatic rings. The molecule has 0 saturated heterocycles. The number of rotatable bonds is 21. The van der Waals surface area contributed by atoms with Crippen molar-refractivity contribution in [3.05, 3.63) is 12.2 Å². The molecule has 4 nitrogen and oxygen atoms in total. The first-order valence-electron chi connectivity index (χ1n) is 11.6. The van der Waals surface area contributed by atoms with Gasteiger partial charge in [0.1, 0.15) is 0 Å². The van der Waals surface area contributed by atoms with Gasteiger partial charge in [-0.05, 0) is 25.7 Å². The van der Waals surface area contributed by atoms with Crippen molar-refractivity contribution in [1.29, 1.82) is 0 Å². The Morgan fingerprint density at radius 3 is 1.43 bits per heavy atom. The number of allylic oxidation sites excluding steroid dienone is 2. The molecule has 0 aliphatic heterocycles. The number of carbonyl (C=O) groups is 2. The molecule has 0 aliphatic rings. The zero-order valence-electron chi connectivity index (χ0n) is 20.1. The molecule has 164 valence electrons. The summed E-state index contributed by atoms with van der Waals surface area (Å²) in [6, 6.07) is 0. The van der Waals surface area contributed by atoms with Crippen molar-refractivity contribution in [3.63, 3.8) is 0 Å². The van der Waals surface area contributed by atoms with Crippen LogP contribution in [0.5, 0.6) is 0 Å².